The van der Waals surface area contributed by atoms with Gasteiger partial charge in [-0.2, -0.15) is 0 Å². The maximum Gasteiger partial charge on any atom is 0.264 e. The molecule has 1 N–H and O–H groups in total. The van der Waals surface area contributed by atoms with Gasteiger partial charge in [-0.25, -0.2) is 0 Å². The predicted molar refractivity (Wildman–Crippen MR) is 106 cm³/mol. The minimum Gasteiger partial charge on any atom is -0.388 e. The summed E-state index contributed by atoms with van der Waals surface area (Å²) in [7, 11) is 0. The van der Waals surface area contributed by atoms with E-state index >= 15 is 0 Å². The number of rotatable bonds is 4. The molecule has 0 aliphatic carbocycles. The Morgan fingerprint density at radius 2 is 1.89 bits per heavy atom. The molecule has 2 aliphatic rings. The fourth-order valence-electron chi connectivity index (χ4n) is 4.36. The first kappa shape index (κ1) is 17.3. The summed E-state index contributed by atoms with van der Waals surface area (Å²) in [6.45, 7) is -0.499. The Morgan fingerprint density at radius 3 is 2.64 bits per heavy atom. The molecule has 2 aliphatic heterocycles. The molecule has 1 amide bonds. The lowest BCUT2D eigenvalue weighted by Crippen LogP contribution is -2.27. The molecule has 1 saturated heterocycles. The molecule has 0 spiro atoms. The van der Waals surface area contributed by atoms with Crippen molar-refractivity contribution in [2.75, 3.05) is 6.61 Å². The highest BCUT2D eigenvalue weighted by Crippen LogP contribution is 2.54. The Balaban J connectivity index is 1.45. The molecule has 6 heteroatoms. The second kappa shape index (κ2) is 6.65. The molecule has 140 valence electrons. The van der Waals surface area contributed by atoms with Gasteiger partial charge in [0.25, 0.3) is 5.91 Å². The lowest BCUT2D eigenvalue weighted by atomic mass is 9.90. The standard InChI is InChI=1S/C22H18N2O3S/c25-12-19(26)13-4-5-14-15(11-13)18-7-6-17(14)24(18)22(27)21-9-8-20(28-21)16-3-1-2-10-23-16/h1-5,8-11,17-18,25H,6-7,12H2. The number of aromatic nitrogens is 1. The molecule has 0 radical (unpaired) electrons. The normalized spacial score (nSPS) is 19.7. The van der Waals surface area contributed by atoms with E-state index in [9.17, 15) is 9.59 Å². The lowest BCUT2D eigenvalue weighted by Gasteiger charge is -2.21. The number of aliphatic hydroxyl groups excluding tert-OH is 1. The second-order valence-electron chi connectivity index (χ2n) is 7.13. The number of nitrogens with zero attached hydrogens (tertiary/aromatic N) is 2. The van der Waals surface area contributed by atoms with Gasteiger partial charge in [0.1, 0.15) is 6.61 Å². The van der Waals surface area contributed by atoms with E-state index in [1.807, 2.05) is 47.4 Å². The van der Waals surface area contributed by atoms with Crippen LogP contribution in [0.5, 0.6) is 0 Å². The number of amides is 1. The summed E-state index contributed by atoms with van der Waals surface area (Å²) >= 11 is 1.46. The van der Waals surface area contributed by atoms with Crippen LogP contribution in [0.4, 0.5) is 0 Å². The zero-order valence-corrected chi connectivity index (χ0v) is 15.9. The third-order valence-electron chi connectivity index (χ3n) is 5.62. The first-order valence-electron chi connectivity index (χ1n) is 9.29. The molecule has 28 heavy (non-hydrogen) atoms. The summed E-state index contributed by atoms with van der Waals surface area (Å²) in [5.41, 5.74) is 3.55. The van der Waals surface area contributed by atoms with Gasteiger partial charge in [-0.15, -0.1) is 11.3 Å². The summed E-state index contributed by atoms with van der Waals surface area (Å²) in [5, 5.41) is 9.14. The van der Waals surface area contributed by atoms with Crippen molar-refractivity contribution in [1.82, 2.24) is 9.88 Å². The Labute approximate surface area is 166 Å². The molecular formula is C22H18N2O3S. The summed E-state index contributed by atoms with van der Waals surface area (Å²) in [6, 6.07) is 15.2. The first-order valence-corrected chi connectivity index (χ1v) is 10.1. The number of ketones is 1. The lowest BCUT2D eigenvalue weighted by molar-refractivity contribution is 0.0702. The van der Waals surface area contributed by atoms with Crippen LogP contribution in [0.2, 0.25) is 0 Å². The highest BCUT2D eigenvalue weighted by Gasteiger charge is 2.46. The molecule has 2 unspecified atom stereocenters. The maximum atomic E-state index is 13.3. The molecule has 2 atom stereocenters. The molecule has 5 rings (SSSR count). The van der Waals surface area contributed by atoms with Gasteiger partial charge in [-0.1, -0.05) is 18.2 Å². The summed E-state index contributed by atoms with van der Waals surface area (Å²) in [5.74, 6) is -0.257. The van der Waals surface area contributed by atoms with Crippen molar-refractivity contribution in [3.8, 4) is 10.6 Å². The van der Waals surface area contributed by atoms with Gasteiger partial charge in [0.05, 0.1) is 27.5 Å². The fraction of sp³-hybridized carbons (Fsp3) is 0.227. The minimum atomic E-state index is -0.499. The van der Waals surface area contributed by atoms with Crippen molar-refractivity contribution >= 4 is 23.0 Å². The van der Waals surface area contributed by atoms with Gasteiger partial charge in [0.15, 0.2) is 5.78 Å². The first-order chi connectivity index (χ1) is 13.7. The third kappa shape index (κ3) is 2.60. The van der Waals surface area contributed by atoms with Crippen molar-refractivity contribution in [3.05, 3.63) is 76.3 Å². The van der Waals surface area contributed by atoms with Crippen LogP contribution in [0.15, 0.2) is 54.7 Å². The average Bonchev–Trinajstić information content (AvgIpc) is 3.47. The van der Waals surface area contributed by atoms with Crippen molar-refractivity contribution < 1.29 is 14.7 Å². The molecule has 0 saturated carbocycles. The van der Waals surface area contributed by atoms with Crippen molar-refractivity contribution in [2.45, 2.75) is 24.9 Å². The number of hydrogen-bond acceptors (Lipinski definition) is 5. The zero-order chi connectivity index (χ0) is 19.3. The SMILES string of the molecule is O=C(CO)c1ccc2c(c1)C1CCC2N1C(=O)c1ccc(-c2ccccn2)s1. The van der Waals surface area contributed by atoms with Gasteiger partial charge in [0.2, 0.25) is 0 Å². The van der Waals surface area contributed by atoms with E-state index in [1.54, 1.807) is 12.3 Å². The number of Topliss-reactive ketones (excluding diaryl/α,β-unsaturated/α-hetero) is 1. The van der Waals surface area contributed by atoms with Crippen LogP contribution in [0.25, 0.3) is 10.6 Å². The van der Waals surface area contributed by atoms with Crippen LogP contribution in [-0.2, 0) is 0 Å². The quantitative estimate of drug-likeness (QED) is 0.683. The van der Waals surface area contributed by atoms with Crippen LogP contribution in [0, 0.1) is 0 Å². The van der Waals surface area contributed by atoms with E-state index in [4.69, 9.17) is 5.11 Å². The van der Waals surface area contributed by atoms with Crippen molar-refractivity contribution in [3.63, 3.8) is 0 Å². The number of benzene rings is 1. The van der Waals surface area contributed by atoms with E-state index in [0.29, 0.717) is 10.4 Å². The summed E-state index contributed by atoms with van der Waals surface area (Å²) in [4.78, 5) is 33.2. The molecule has 2 bridgehead atoms. The molecule has 4 heterocycles. The smallest absolute Gasteiger partial charge is 0.264 e. The van der Waals surface area contributed by atoms with E-state index in [-0.39, 0.29) is 23.8 Å². The molecule has 2 aromatic heterocycles. The zero-order valence-electron chi connectivity index (χ0n) is 15.0. The largest absolute Gasteiger partial charge is 0.388 e. The van der Waals surface area contributed by atoms with E-state index in [1.165, 1.54) is 11.3 Å². The fourth-order valence-corrected chi connectivity index (χ4v) is 5.29. The topological polar surface area (TPSA) is 70.5 Å². The van der Waals surface area contributed by atoms with Crippen LogP contribution < -0.4 is 0 Å². The Kier molecular flexibility index (Phi) is 4.10. The van der Waals surface area contributed by atoms with Crippen LogP contribution in [0.1, 0.15) is 56.1 Å². The van der Waals surface area contributed by atoms with Gasteiger partial charge < -0.3 is 10.0 Å². The molecule has 3 aromatic rings. The highest BCUT2D eigenvalue weighted by atomic mass is 32.1. The minimum absolute atomic E-state index is 0.000608. The number of hydrogen-bond donors (Lipinski definition) is 1. The molecular weight excluding hydrogens is 372 g/mol. The number of aliphatic hydroxyl groups is 1. The Bertz CT molecular complexity index is 1080. The van der Waals surface area contributed by atoms with Crippen molar-refractivity contribution in [1.29, 1.82) is 0 Å². The molecule has 1 fully saturated rings. The maximum absolute atomic E-state index is 13.3. The number of pyridine rings is 1. The monoisotopic (exact) mass is 390 g/mol. The van der Waals surface area contributed by atoms with Crippen LogP contribution >= 0.6 is 11.3 Å². The Morgan fingerprint density at radius 1 is 1.07 bits per heavy atom. The van der Waals surface area contributed by atoms with E-state index < -0.39 is 6.61 Å². The number of carbonyl (C=O) groups excluding carboxylic acids is 2. The molecule has 1 aromatic carbocycles. The van der Waals surface area contributed by atoms with Gasteiger partial charge in [-0.3, -0.25) is 14.6 Å². The molecule has 5 nitrogen and oxygen atoms in total. The second-order valence-corrected chi connectivity index (χ2v) is 8.21. The number of fused-ring (bicyclic) bond motifs is 5. The number of thiophene rings is 1. The van der Waals surface area contributed by atoms with Gasteiger partial charge >= 0.3 is 0 Å². The van der Waals surface area contributed by atoms with Crippen molar-refractivity contribution in [2.24, 2.45) is 0 Å². The number of carbonyl (C=O) groups is 2. The van der Waals surface area contributed by atoms with E-state index in [2.05, 4.69) is 4.98 Å². The van der Waals surface area contributed by atoms with Gasteiger partial charge in [-0.05, 0) is 54.3 Å². The van der Waals surface area contributed by atoms with Crippen LogP contribution in [0.3, 0.4) is 0 Å². The van der Waals surface area contributed by atoms with Gasteiger partial charge in [0, 0.05) is 11.8 Å². The third-order valence-corrected chi connectivity index (χ3v) is 6.72. The average molecular weight is 390 g/mol. The van der Waals surface area contributed by atoms with Crippen LogP contribution in [-0.4, -0.2) is 33.3 Å². The summed E-state index contributed by atoms with van der Waals surface area (Å²) < 4.78 is 0. The summed E-state index contributed by atoms with van der Waals surface area (Å²) in [6.07, 6.45) is 3.59. The van der Waals surface area contributed by atoms with E-state index in [0.717, 1.165) is 34.5 Å². The Hall–Kier alpha value is -2.83. The predicted octanol–water partition coefficient (Wildman–Crippen LogP) is 4.02. The highest BCUT2D eigenvalue weighted by molar-refractivity contribution is 7.17.